The number of anilines is 1. The molecule has 2 heterocycles. The zero-order valence-electron chi connectivity index (χ0n) is 9.90. The normalized spacial score (nSPS) is 11.6. The zero-order chi connectivity index (χ0) is 13.9. The van der Waals surface area contributed by atoms with E-state index in [0.29, 0.717) is 24.7 Å². The Hall–Kier alpha value is -2.19. The first-order valence-electron chi connectivity index (χ1n) is 5.39. The molecule has 0 bridgehead atoms. The molecule has 9 heteroatoms. The van der Waals surface area contributed by atoms with E-state index in [1.807, 2.05) is 0 Å². The predicted molar refractivity (Wildman–Crippen MR) is 58.3 cm³/mol. The number of nitrogens with zero attached hydrogens (tertiary/aromatic N) is 4. The minimum absolute atomic E-state index is 0.258. The molecule has 0 fully saturated rings. The third-order valence-corrected chi connectivity index (χ3v) is 2.18. The summed E-state index contributed by atoms with van der Waals surface area (Å²) in [4.78, 5) is 3.99. The summed E-state index contributed by atoms with van der Waals surface area (Å²) in [5.41, 5.74) is -1.02. The van der Waals surface area contributed by atoms with Crippen molar-refractivity contribution in [2.24, 2.45) is 0 Å². The van der Waals surface area contributed by atoms with Gasteiger partial charge >= 0.3 is 6.18 Å². The summed E-state index contributed by atoms with van der Waals surface area (Å²) in [6.07, 6.45) is -4.01. The van der Waals surface area contributed by atoms with Gasteiger partial charge in [0.2, 0.25) is 5.89 Å². The molecular weight excluding hydrogens is 263 g/mol. The van der Waals surface area contributed by atoms with Crippen molar-refractivity contribution in [3.05, 3.63) is 29.5 Å². The first-order chi connectivity index (χ1) is 8.95. The fourth-order valence-electron chi connectivity index (χ4n) is 1.32. The molecule has 2 aromatic heterocycles. The average molecular weight is 273 g/mol. The number of aromatic nitrogens is 4. The van der Waals surface area contributed by atoms with Crippen molar-refractivity contribution in [3.63, 3.8) is 0 Å². The second kappa shape index (κ2) is 5.21. The quantitative estimate of drug-likeness (QED) is 0.916. The maximum atomic E-state index is 12.2. The van der Waals surface area contributed by atoms with Crippen LogP contribution in [0.3, 0.4) is 0 Å². The first kappa shape index (κ1) is 13.2. The Bertz CT molecular complexity index is 537. The van der Waals surface area contributed by atoms with Gasteiger partial charge in [0.25, 0.3) is 0 Å². The van der Waals surface area contributed by atoms with Gasteiger partial charge < -0.3 is 9.84 Å². The Balaban J connectivity index is 1.86. The van der Waals surface area contributed by atoms with Crippen LogP contribution in [0, 0.1) is 6.92 Å². The fourth-order valence-corrected chi connectivity index (χ4v) is 1.32. The number of rotatable bonds is 4. The molecular formula is C10H10F3N5O. The van der Waals surface area contributed by atoms with E-state index < -0.39 is 11.9 Å². The van der Waals surface area contributed by atoms with Gasteiger partial charge in [-0.1, -0.05) is 5.16 Å². The van der Waals surface area contributed by atoms with E-state index in [1.54, 1.807) is 6.92 Å². The molecule has 0 aromatic carbocycles. The molecule has 0 aliphatic carbocycles. The van der Waals surface area contributed by atoms with Gasteiger partial charge in [-0.15, -0.1) is 10.2 Å². The van der Waals surface area contributed by atoms with Crippen LogP contribution in [-0.4, -0.2) is 26.9 Å². The van der Waals surface area contributed by atoms with Crippen molar-refractivity contribution in [1.29, 1.82) is 0 Å². The van der Waals surface area contributed by atoms with Gasteiger partial charge in [0.1, 0.15) is 5.82 Å². The molecule has 0 unspecified atom stereocenters. The Morgan fingerprint density at radius 2 is 2.05 bits per heavy atom. The average Bonchev–Trinajstić information content (AvgIpc) is 2.75. The summed E-state index contributed by atoms with van der Waals surface area (Å²) in [5.74, 6) is 1.24. The maximum absolute atomic E-state index is 12.2. The van der Waals surface area contributed by atoms with E-state index in [1.165, 1.54) is 6.07 Å². The van der Waals surface area contributed by atoms with Gasteiger partial charge in [-0.3, -0.25) is 0 Å². The molecule has 0 aliphatic rings. The van der Waals surface area contributed by atoms with Gasteiger partial charge in [-0.2, -0.15) is 18.2 Å². The van der Waals surface area contributed by atoms with Crippen molar-refractivity contribution in [3.8, 4) is 0 Å². The van der Waals surface area contributed by atoms with Crippen LogP contribution in [-0.2, 0) is 12.6 Å². The molecule has 0 saturated heterocycles. The fraction of sp³-hybridized carbons (Fsp3) is 0.400. The molecule has 0 saturated carbocycles. The van der Waals surface area contributed by atoms with Crippen LogP contribution in [0.25, 0.3) is 0 Å². The molecule has 1 N–H and O–H groups in total. The number of alkyl halides is 3. The van der Waals surface area contributed by atoms with Crippen LogP contribution in [0.4, 0.5) is 19.0 Å². The van der Waals surface area contributed by atoms with Crippen LogP contribution in [0.1, 0.15) is 17.4 Å². The van der Waals surface area contributed by atoms with Gasteiger partial charge in [-0.25, -0.2) is 0 Å². The van der Waals surface area contributed by atoms with Crippen molar-refractivity contribution >= 4 is 5.82 Å². The van der Waals surface area contributed by atoms with Crippen LogP contribution in [0.15, 0.2) is 16.7 Å². The number of halogens is 3. The molecule has 2 rings (SSSR count). The lowest BCUT2D eigenvalue weighted by Crippen LogP contribution is -2.12. The minimum atomic E-state index is -4.48. The van der Waals surface area contributed by atoms with Crippen LogP contribution < -0.4 is 5.32 Å². The van der Waals surface area contributed by atoms with Crippen molar-refractivity contribution in [2.45, 2.75) is 19.5 Å². The van der Waals surface area contributed by atoms with E-state index in [-0.39, 0.29) is 5.82 Å². The molecule has 0 amide bonds. The lowest BCUT2D eigenvalue weighted by molar-refractivity contribution is -0.141. The van der Waals surface area contributed by atoms with Crippen LogP contribution in [0.5, 0.6) is 0 Å². The largest absolute Gasteiger partial charge is 0.435 e. The van der Waals surface area contributed by atoms with E-state index in [9.17, 15) is 13.2 Å². The Morgan fingerprint density at radius 1 is 1.26 bits per heavy atom. The highest BCUT2D eigenvalue weighted by Crippen LogP contribution is 2.26. The highest BCUT2D eigenvalue weighted by atomic mass is 19.4. The number of hydrogen-bond donors (Lipinski definition) is 1. The number of nitrogens with one attached hydrogen (secondary N) is 1. The van der Waals surface area contributed by atoms with Crippen LogP contribution in [0.2, 0.25) is 0 Å². The van der Waals surface area contributed by atoms with Crippen molar-refractivity contribution in [2.75, 3.05) is 11.9 Å². The number of aryl methyl sites for hydroxylation is 1. The van der Waals surface area contributed by atoms with Crippen molar-refractivity contribution < 1.29 is 17.7 Å². The topological polar surface area (TPSA) is 76.7 Å². The highest BCUT2D eigenvalue weighted by Gasteiger charge is 2.32. The first-order valence-corrected chi connectivity index (χ1v) is 5.39. The van der Waals surface area contributed by atoms with Crippen molar-refractivity contribution in [1.82, 2.24) is 20.3 Å². The van der Waals surface area contributed by atoms with Crippen LogP contribution >= 0.6 is 0 Å². The molecule has 19 heavy (non-hydrogen) atoms. The van der Waals surface area contributed by atoms with Gasteiger partial charge in [0.15, 0.2) is 11.5 Å². The summed E-state index contributed by atoms with van der Waals surface area (Å²) in [7, 11) is 0. The summed E-state index contributed by atoms with van der Waals surface area (Å²) < 4.78 is 41.5. The number of hydrogen-bond acceptors (Lipinski definition) is 6. The van der Waals surface area contributed by atoms with Gasteiger partial charge in [0, 0.05) is 19.9 Å². The van der Waals surface area contributed by atoms with Gasteiger partial charge in [0.05, 0.1) is 0 Å². The molecule has 2 aromatic rings. The molecule has 0 atom stereocenters. The summed E-state index contributed by atoms with van der Waals surface area (Å²) in [5, 5.41) is 13.0. The smallest absolute Gasteiger partial charge is 0.368 e. The lowest BCUT2D eigenvalue weighted by atomic mass is 10.3. The molecule has 0 aliphatic heterocycles. The second-order valence-electron chi connectivity index (χ2n) is 3.71. The Labute approximate surface area is 106 Å². The summed E-state index contributed by atoms with van der Waals surface area (Å²) >= 11 is 0. The highest BCUT2D eigenvalue weighted by molar-refractivity contribution is 5.33. The van der Waals surface area contributed by atoms with E-state index in [0.717, 1.165) is 6.07 Å². The molecule has 0 radical (unpaired) electrons. The Morgan fingerprint density at radius 3 is 2.58 bits per heavy atom. The Kier molecular flexibility index (Phi) is 3.63. The van der Waals surface area contributed by atoms with E-state index in [4.69, 9.17) is 4.52 Å². The SMILES string of the molecule is Cc1nc(CCNc2ccc(C(F)(F)F)nn2)no1. The maximum Gasteiger partial charge on any atom is 0.435 e. The molecule has 6 nitrogen and oxygen atoms in total. The zero-order valence-corrected chi connectivity index (χ0v) is 9.90. The van der Waals surface area contributed by atoms with Gasteiger partial charge in [-0.05, 0) is 12.1 Å². The minimum Gasteiger partial charge on any atom is -0.368 e. The van der Waals surface area contributed by atoms with E-state index >= 15 is 0 Å². The second-order valence-corrected chi connectivity index (χ2v) is 3.71. The molecule has 0 spiro atoms. The summed E-state index contributed by atoms with van der Waals surface area (Å²) in [6, 6.07) is 2.09. The standard InChI is InChI=1S/C10H10F3N5O/c1-6-15-9(18-19-6)4-5-14-8-3-2-7(16-17-8)10(11,12)13/h2-3H,4-5H2,1H3,(H,14,17). The lowest BCUT2D eigenvalue weighted by Gasteiger charge is -2.06. The third kappa shape index (κ3) is 3.63. The monoisotopic (exact) mass is 273 g/mol. The predicted octanol–water partition coefficient (Wildman–Crippen LogP) is 1.84. The summed E-state index contributed by atoms with van der Waals surface area (Å²) in [6.45, 7) is 2.09. The third-order valence-electron chi connectivity index (χ3n) is 2.18. The molecule has 102 valence electrons. The van der Waals surface area contributed by atoms with E-state index in [2.05, 4.69) is 25.7 Å².